The minimum Gasteiger partial charge on any atom is -0.498 e. The molecule has 0 amide bonds. The second kappa shape index (κ2) is 6.22. The standard InChI is InChI=1S/C12H16O2/c1-11(10-14-9-8-13-2)12-6-4-3-5-7-12/h3-7,10H,8-9H2,1-2H3/b11-10+. The van der Waals surface area contributed by atoms with Crippen molar-refractivity contribution in [1.29, 1.82) is 0 Å². The van der Waals surface area contributed by atoms with Gasteiger partial charge in [-0.15, -0.1) is 0 Å². The Balaban J connectivity index is 2.44. The fourth-order valence-corrected chi connectivity index (χ4v) is 1.08. The molecule has 0 aromatic heterocycles. The Morgan fingerprint density at radius 3 is 2.57 bits per heavy atom. The van der Waals surface area contributed by atoms with Gasteiger partial charge in [-0.25, -0.2) is 0 Å². The third-order valence-corrected chi connectivity index (χ3v) is 1.89. The fraction of sp³-hybridized carbons (Fsp3) is 0.333. The van der Waals surface area contributed by atoms with Gasteiger partial charge >= 0.3 is 0 Å². The number of ether oxygens (including phenoxy) is 2. The number of hydrogen-bond donors (Lipinski definition) is 0. The predicted molar refractivity (Wildman–Crippen MR) is 57.9 cm³/mol. The van der Waals surface area contributed by atoms with Crippen LogP contribution >= 0.6 is 0 Å². The molecule has 1 rings (SSSR count). The Kier molecular flexibility index (Phi) is 4.79. The zero-order chi connectivity index (χ0) is 10.2. The highest BCUT2D eigenvalue weighted by atomic mass is 16.5. The zero-order valence-electron chi connectivity index (χ0n) is 8.69. The van der Waals surface area contributed by atoms with Crippen LogP contribution in [0.25, 0.3) is 5.57 Å². The molecule has 0 atom stereocenters. The van der Waals surface area contributed by atoms with E-state index in [1.807, 2.05) is 25.1 Å². The Morgan fingerprint density at radius 1 is 1.21 bits per heavy atom. The molecule has 0 aliphatic rings. The summed E-state index contributed by atoms with van der Waals surface area (Å²) in [5, 5.41) is 0. The first-order chi connectivity index (χ1) is 6.84. The molecule has 0 bridgehead atoms. The van der Waals surface area contributed by atoms with Crippen molar-refractivity contribution in [2.75, 3.05) is 20.3 Å². The van der Waals surface area contributed by atoms with Gasteiger partial charge in [0.15, 0.2) is 0 Å². The summed E-state index contributed by atoms with van der Waals surface area (Å²) in [6.07, 6.45) is 1.77. The van der Waals surface area contributed by atoms with Gasteiger partial charge in [0.25, 0.3) is 0 Å². The SMILES string of the molecule is COCCO/C=C(\C)c1ccccc1. The average Bonchev–Trinajstić information content (AvgIpc) is 2.25. The molecule has 2 nitrogen and oxygen atoms in total. The summed E-state index contributed by atoms with van der Waals surface area (Å²) in [4.78, 5) is 0. The minimum atomic E-state index is 0.598. The normalized spacial score (nSPS) is 11.4. The molecule has 0 aliphatic carbocycles. The van der Waals surface area contributed by atoms with E-state index in [4.69, 9.17) is 9.47 Å². The van der Waals surface area contributed by atoms with E-state index >= 15 is 0 Å². The van der Waals surface area contributed by atoms with E-state index in [-0.39, 0.29) is 0 Å². The van der Waals surface area contributed by atoms with Crippen LogP contribution < -0.4 is 0 Å². The first-order valence-corrected chi connectivity index (χ1v) is 4.67. The highest BCUT2D eigenvalue weighted by molar-refractivity contribution is 5.62. The smallest absolute Gasteiger partial charge is 0.111 e. The Hall–Kier alpha value is -1.28. The van der Waals surface area contributed by atoms with Crippen LogP contribution in [0.2, 0.25) is 0 Å². The summed E-state index contributed by atoms with van der Waals surface area (Å²) in [6.45, 7) is 3.25. The Labute approximate surface area is 85.2 Å². The van der Waals surface area contributed by atoms with Crippen molar-refractivity contribution in [3.63, 3.8) is 0 Å². The molecule has 2 heteroatoms. The van der Waals surface area contributed by atoms with Gasteiger partial charge in [-0.3, -0.25) is 0 Å². The van der Waals surface area contributed by atoms with Gasteiger partial charge in [-0.2, -0.15) is 0 Å². The first kappa shape index (κ1) is 10.8. The van der Waals surface area contributed by atoms with Gasteiger partial charge in [0.2, 0.25) is 0 Å². The second-order valence-corrected chi connectivity index (χ2v) is 3.03. The minimum absolute atomic E-state index is 0.598. The number of methoxy groups -OCH3 is 1. The predicted octanol–water partition coefficient (Wildman–Crippen LogP) is 2.71. The van der Waals surface area contributed by atoms with Crippen LogP contribution in [0.5, 0.6) is 0 Å². The quantitative estimate of drug-likeness (QED) is 0.527. The van der Waals surface area contributed by atoms with Crippen molar-refractivity contribution < 1.29 is 9.47 Å². The van der Waals surface area contributed by atoms with Gasteiger partial charge in [0.1, 0.15) is 6.61 Å². The largest absolute Gasteiger partial charge is 0.498 e. The van der Waals surface area contributed by atoms with E-state index in [9.17, 15) is 0 Å². The van der Waals surface area contributed by atoms with E-state index in [1.54, 1.807) is 13.4 Å². The van der Waals surface area contributed by atoms with Crippen LogP contribution in [0.4, 0.5) is 0 Å². The maximum atomic E-state index is 5.30. The first-order valence-electron chi connectivity index (χ1n) is 4.67. The summed E-state index contributed by atoms with van der Waals surface area (Å²) < 4.78 is 10.2. The van der Waals surface area contributed by atoms with Gasteiger partial charge in [0, 0.05) is 7.11 Å². The lowest BCUT2D eigenvalue weighted by Crippen LogP contribution is -1.97. The summed E-state index contributed by atoms with van der Waals surface area (Å²) in [5.74, 6) is 0. The van der Waals surface area contributed by atoms with E-state index in [0.29, 0.717) is 13.2 Å². The molecule has 0 heterocycles. The number of allylic oxidation sites excluding steroid dienone is 1. The summed E-state index contributed by atoms with van der Waals surface area (Å²) in [5.41, 5.74) is 2.31. The highest BCUT2D eigenvalue weighted by Gasteiger charge is 1.93. The van der Waals surface area contributed by atoms with Crippen molar-refractivity contribution in [3.8, 4) is 0 Å². The molecule has 14 heavy (non-hydrogen) atoms. The molecule has 0 saturated carbocycles. The molecular weight excluding hydrogens is 176 g/mol. The molecule has 1 aromatic carbocycles. The lowest BCUT2D eigenvalue weighted by Gasteiger charge is -2.03. The molecule has 0 radical (unpaired) electrons. The monoisotopic (exact) mass is 192 g/mol. The third-order valence-electron chi connectivity index (χ3n) is 1.89. The molecule has 0 aliphatic heterocycles. The van der Waals surface area contributed by atoms with Gasteiger partial charge in [-0.05, 0) is 18.1 Å². The maximum Gasteiger partial charge on any atom is 0.111 e. The van der Waals surface area contributed by atoms with Gasteiger partial charge in [-0.1, -0.05) is 30.3 Å². The molecule has 76 valence electrons. The highest BCUT2D eigenvalue weighted by Crippen LogP contribution is 2.12. The average molecular weight is 192 g/mol. The number of benzene rings is 1. The van der Waals surface area contributed by atoms with Crippen molar-refractivity contribution in [2.24, 2.45) is 0 Å². The van der Waals surface area contributed by atoms with E-state index in [2.05, 4.69) is 12.1 Å². The molecule has 0 fully saturated rings. The second-order valence-electron chi connectivity index (χ2n) is 3.03. The van der Waals surface area contributed by atoms with Gasteiger partial charge in [0.05, 0.1) is 12.9 Å². The van der Waals surface area contributed by atoms with Gasteiger partial charge < -0.3 is 9.47 Å². The number of rotatable bonds is 5. The van der Waals surface area contributed by atoms with Crippen LogP contribution in [0.1, 0.15) is 12.5 Å². The van der Waals surface area contributed by atoms with Crippen LogP contribution in [-0.4, -0.2) is 20.3 Å². The van der Waals surface area contributed by atoms with Crippen molar-refractivity contribution in [3.05, 3.63) is 42.2 Å². The van der Waals surface area contributed by atoms with Crippen LogP contribution in [-0.2, 0) is 9.47 Å². The summed E-state index contributed by atoms with van der Waals surface area (Å²) in [6, 6.07) is 10.2. The maximum absolute atomic E-state index is 5.30. The Morgan fingerprint density at radius 2 is 1.93 bits per heavy atom. The Bertz CT molecular complexity index is 278. The van der Waals surface area contributed by atoms with Crippen molar-refractivity contribution in [2.45, 2.75) is 6.92 Å². The molecule has 0 unspecified atom stereocenters. The van der Waals surface area contributed by atoms with Crippen LogP contribution in [0, 0.1) is 0 Å². The zero-order valence-corrected chi connectivity index (χ0v) is 8.69. The molecule has 0 spiro atoms. The van der Waals surface area contributed by atoms with Crippen LogP contribution in [0.15, 0.2) is 36.6 Å². The van der Waals surface area contributed by atoms with Crippen molar-refractivity contribution in [1.82, 2.24) is 0 Å². The summed E-state index contributed by atoms with van der Waals surface area (Å²) in [7, 11) is 1.66. The van der Waals surface area contributed by atoms with Crippen molar-refractivity contribution >= 4 is 5.57 Å². The van der Waals surface area contributed by atoms with E-state index in [0.717, 1.165) is 5.57 Å². The molecule has 0 N–H and O–H groups in total. The molecule has 0 saturated heterocycles. The lowest BCUT2D eigenvalue weighted by molar-refractivity contribution is 0.124. The fourth-order valence-electron chi connectivity index (χ4n) is 1.08. The number of hydrogen-bond acceptors (Lipinski definition) is 2. The van der Waals surface area contributed by atoms with E-state index < -0.39 is 0 Å². The van der Waals surface area contributed by atoms with Crippen LogP contribution in [0.3, 0.4) is 0 Å². The molecule has 1 aromatic rings. The lowest BCUT2D eigenvalue weighted by atomic mass is 10.1. The third kappa shape index (κ3) is 3.62. The topological polar surface area (TPSA) is 18.5 Å². The summed E-state index contributed by atoms with van der Waals surface area (Å²) >= 11 is 0. The molecular formula is C12H16O2. The van der Waals surface area contributed by atoms with E-state index in [1.165, 1.54) is 5.56 Å².